The van der Waals surface area contributed by atoms with Gasteiger partial charge in [-0.05, 0) is 144 Å². The number of unbranched alkanes of at least 4 members (excludes halogenated alkanes) is 1. The molecule has 0 aromatic heterocycles. The molecule has 0 saturated carbocycles. The number of carbonyl (C=O) groups is 21. The van der Waals surface area contributed by atoms with Gasteiger partial charge in [0.2, 0.25) is 100 Å². The van der Waals surface area contributed by atoms with Crippen molar-refractivity contribution in [2.24, 2.45) is 29.0 Å². The quantitative estimate of drug-likeness (QED) is 0.0274. The van der Waals surface area contributed by atoms with Crippen molar-refractivity contribution in [3.8, 4) is 5.75 Å². The van der Waals surface area contributed by atoms with E-state index in [9.17, 15) is 142 Å². The normalized spacial score (nSPS) is 14.7. The molecule has 2 aromatic rings. The van der Waals surface area contributed by atoms with E-state index in [1.54, 1.807) is 70.5 Å². The first kappa shape index (κ1) is 116. The molecule has 2 rings (SSSR count). The van der Waals surface area contributed by atoms with E-state index in [0.29, 0.717) is 29.7 Å². The van der Waals surface area contributed by atoms with Crippen LogP contribution in [-0.4, -0.2) is 319 Å². The number of rotatable bonds is 65. The summed E-state index contributed by atoms with van der Waals surface area (Å²) in [5.41, 5.74) is 17.4. The van der Waals surface area contributed by atoms with E-state index in [2.05, 4.69) is 85.1 Å². The monoisotopic (exact) mass is 1910 g/mol. The Morgan fingerprint density at radius 1 is 0.348 bits per heavy atom. The van der Waals surface area contributed by atoms with E-state index in [-0.39, 0.29) is 63.0 Å². The minimum atomic E-state index is -2.11. The second kappa shape index (κ2) is 61.3. The summed E-state index contributed by atoms with van der Waals surface area (Å²) in [6, 6.07) is -12.9. The van der Waals surface area contributed by atoms with Crippen LogP contribution in [0.15, 0.2) is 54.6 Å². The summed E-state index contributed by atoms with van der Waals surface area (Å²) in [6.45, 7) is 4.88. The number of hydrogen-bond donors (Lipinski definition) is 27. The number of phenols is 1. The molecule has 0 aliphatic rings. The Labute approximate surface area is 769 Å². The lowest BCUT2D eigenvalue weighted by Crippen LogP contribution is -2.61. The van der Waals surface area contributed by atoms with Crippen molar-refractivity contribution in [2.45, 2.75) is 241 Å². The first-order chi connectivity index (χ1) is 62.2. The maximum Gasteiger partial charge on any atom is 0.326 e. The molecule has 0 radical (unpaired) electrons. The van der Waals surface area contributed by atoms with Crippen LogP contribution < -0.4 is 102 Å². The van der Waals surface area contributed by atoms with Crippen molar-refractivity contribution in [1.29, 1.82) is 0 Å². The first-order valence-corrected chi connectivity index (χ1v) is 45.1. The molecule has 0 bridgehead atoms. The molecule has 0 saturated heterocycles. The van der Waals surface area contributed by atoms with E-state index in [0.717, 1.165) is 13.8 Å². The highest BCUT2D eigenvalue weighted by Crippen LogP contribution is 2.17. The van der Waals surface area contributed by atoms with E-state index in [1.807, 2.05) is 0 Å². The summed E-state index contributed by atoms with van der Waals surface area (Å²) in [5.74, 6) is -25.1. The van der Waals surface area contributed by atoms with Gasteiger partial charge in [-0.1, -0.05) is 70.2 Å². The number of hydrogen-bond acceptors (Lipinski definition) is 29. The molecular formula is C82H127N19O29S2. The van der Waals surface area contributed by atoms with Crippen LogP contribution >= 0.6 is 23.5 Å². The highest BCUT2D eigenvalue weighted by atomic mass is 32.2. The van der Waals surface area contributed by atoms with Gasteiger partial charge >= 0.3 is 23.9 Å². The van der Waals surface area contributed by atoms with Gasteiger partial charge < -0.3 is 143 Å². The fourth-order valence-corrected chi connectivity index (χ4v) is 13.3. The topological polar surface area (TPSA) is 791 Å². The van der Waals surface area contributed by atoms with Crippen LogP contribution in [0.4, 0.5) is 0 Å². The Morgan fingerprint density at radius 3 is 1.10 bits per heavy atom. The SMILES string of the molecule is CSCC[C@H](NC(=O)[C@H](Cc1ccc(O)cc1)NC(=O)CNC(=O)[C@H](CCC(N)=O)NC(=O)[C@H](CCSC)NC(=O)[C@H](Cc1ccccc1)NC(=O)[C@H](CO)NC(=O)[C@H](CC(C)C)NC(=O)[C@H](CC(C)C)NC(=O)[C@H](CO)NC(=O)[C@H](C)NC(=O)[C@H](CC(=O)O)NC(=O)[C@H](CCC(=O)O)NC(=O)[C@H](C)NC(=O)[C@H](CCC(=O)O)NC(=O)[C@@H](N)CO)C(=O)N[C@@H](CCCCN)C(=O)O. The first-order valence-electron chi connectivity index (χ1n) is 42.3. The largest absolute Gasteiger partial charge is 0.508 e. The van der Waals surface area contributed by atoms with Gasteiger partial charge in [0.1, 0.15) is 102 Å². The third-order valence-electron chi connectivity index (χ3n) is 19.6. The molecule has 0 spiro atoms. The fraction of sp³-hybridized carbons (Fsp3) is 0.598. The van der Waals surface area contributed by atoms with Crippen LogP contribution in [0, 0.1) is 11.8 Å². The minimum absolute atomic E-state index is 0.0259. The number of aliphatic hydroxyl groups is 3. The molecule has 132 heavy (non-hydrogen) atoms. The number of nitrogens with one attached hydrogen (secondary N) is 16. The van der Waals surface area contributed by atoms with Gasteiger partial charge in [-0.15, -0.1) is 0 Å². The predicted molar refractivity (Wildman–Crippen MR) is 474 cm³/mol. The number of phenolic OH excluding ortho intramolecular Hbond substituents is 1. The fourth-order valence-electron chi connectivity index (χ4n) is 12.4. The average molecular weight is 1910 g/mol. The lowest BCUT2D eigenvalue weighted by Gasteiger charge is -2.28. The average Bonchev–Trinajstić information content (AvgIpc) is 0.850. The number of carboxylic acid groups (broad SMARTS) is 4. The van der Waals surface area contributed by atoms with Crippen molar-refractivity contribution in [1.82, 2.24) is 85.1 Å². The van der Waals surface area contributed by atoms with Crippen molar-refractivity contribution < 1.29 is 142 Å². The maximum absolute atomic E-state index is 14.7. The van der Waals surface area contributed by atoms with Crippen molar-refractivity contribution in [2.75, 3.05) is 56.9 Å². The maximum atomic E-state index is 14.7. The summed E-state index contributed by atoms with van der Waals surface area (Å²) in [6.07, 6.45) is -1.68. The van der Waals surface area contributed by atoms with Gasteiger partial charge in [-0.2, -0.15) is 23.5 Å². The molecule has 16 atom stereocenters. The van der Waals surface area contributed by atoms with Crippen LogP contribution in [0.5, 0.6) is 5.75 Å². The molecule has 2 aromatic carbocycles. The second-order valence-corrected chi connectivity index (χ2v) is 33.6. The second-order valence-electron chi connectivity index (χ2n) is 31.7. The number of amides is 17. The van der Waals surface area contributed by atoms with E-state index in [1.165, 1.54) is 47.8 Å². The molecule has 50 heteroatoms. The van der Waals surface area contributed by atoms with Gasteiger partial charge in [0, 0.05) is 32.1 Å². The lowest BCUT2D eigenvalue weighted by molar-refractivity contribution is -0.142. The summed E-state index contributed by atoms with van der Waals surface area (Å²) >= 11 is 2.56. The van der Waals surface area contributed by atoms with E-state index < -0.39 is 304 Å². The summed E-state index contributed by atoms with van der Waals surface area (Å²) in [4.78, 5) is 282. The molecule has 17 amide bonds. The molecule has 0 aliphatic heterocycles. The van der Waals surface area contributed by atoms with Crippen LogP contribution in [0.25, 0.3) is 0 Å². The molecule has 0 unspecified atom stereocenters. The van der Waals surface area contributed by atoms with E-state index >= 15 is 0 Å². The smallest absolute Gasteiger partial charge is 0.326 e. The third kappa shape index (κ3) is 45.0. The number of nitrogens with two attached hydrogens (primary N) is 3. The zero-order chi connectivity index (χ0) is 99.6. The predicted octanol–water partition coefficient (Wildman–Crippen LogP) is -7.81. The molecule has 48 nitrogen and oxygen atoms in total. The number of benzene rings is 2. The number of aromatic hydroxyl groups is 1. The molecule has 0 heterocycles. The zero-order valence-corrected chi connectivity index (χ0v) is 76.2. The van der Waals surface area contributed by atoms with Gasteiger partial charge in [-0.3, -0.25) is 95.9 Å². The Balaban J connectivity index is 2.41. The summed E-state index contributed by atoms with van der Waals surface area (Å²) in [7, 11) is 0. The highest BCUT2D eigenvalue weighted by Gasteiger charge is 2.39. The lowest BCUT2D eigenvalue weighted by atomic mass is 9.99. The minimum Gasteiger partial charge on any atom is -0.508 e. The number of carboxylic acids is 4. The Bertz CT molecular complexity index is 4240. The van der Waals surface area contributed by atoms with Crippen molar-refractivity contribution >= 4 is 148 Å². The van der Waals surface area contributed by atoms with E-state index in [4.69, 9.17) is 17.2 Å². The molecule has 0 fully saturated rings. The molecule has 30 N–H and O–H groups in total. The molecule has 0 aliphatic carbocycles. The summed E-state index contributed by atoms with van der Waals surface area (Å²) in [5, 5.41) is 116. The van der Waals surface area contributed by atoms with Crippen molar-refractivity contribution in [3.05, 3.63) is 65.7 Å². The zero-order valence-electron chi connectivity index (χ0n) is 74.6. The molecule has 736 valence electrons. The van der Waals surface area contributed by atoms with Crippen LogP contribution in [0.2, 0.25) is 0 Å². The van der Waals surface area contributed by atoms with Crippen molar-refractivity contribution in [3.63, 3.8) is 0 Å². The van der Waals surface area contributed by atoms with Gasteiger partial charge in [-0.25, -0.2) is 4.79 Å². The number of primary amides is 1. The Kier molecular flexibility index (Phi) is 53.7. The standard InChI is InChI=1S/C82H127N19O29S2/c1-41(2)32-55(97-80(127)60(39-103)100-68(115)44(6)88-75(122)59(36-66(112)113)99-72(119)51(23-26-65(110)111)90-67(114)43(5)87-71(118)50(22-25-64(108)109)91-69(116)48(84)38-102)76(123)96-56(33-42(3)4)77(124)101-61(40-104)81(128)98-58(34-45-14-10-9-11-15-45)79(126)94-52(27-30-131-7)73(120)92-49(21-24-62(85)106)70(117)86-37-63(107)89-57(35-46-17-19-47(105)20-18-46)78(125)93-53(28-31-132-8)74(121)95-54(82(129)130)16-12-13-29-83/h9-11,14-15,17-20,41-44,48-61,102-105H,12-13,16,21-40,83-84H2,1-8H3,(H2,85,106)(H,86,117)(H,87,118)(H,88,122)(H,89,107)(H,90,114)(H,91,116)(H,92,120)(H,93,125)(H,94,126)(H,95,121)(H,96,123)(H,97,127)(H,98,128)(H,99,119)(H,100,115)(H,101,124)(H,108,109)(H,110,111)(H,112,113)(H,129,130)/t43-,44-,48-,49-,50-,51-,52-,53-,54-,55-,56-,57-,58-,59-,60-,61-/m0/s1. The Morgan fingerprint density at radius 2 is 0.689 bits per heavy atom. The van der Waals surface area contributed by atoms with Crippen LogP contribution in [-0.2, 0) is 114 Å². The van der Waals surface area contributed by atoms with Gasteiger partial charge in [0.15, 0.2) is 0 Å². The number of aliphatic carboxylic acids is 4. The summed E-state index contributed by atoms with van der Waals surface area (Å²) < 4.78 is 0. The third-order valence-corrected chi connectivity index (χ3v) is 20.9. The Hall–Kier alpha value is -12.4. The number of carbonyl (C=O) groups excluding carboxylic acids is 17. The van der Waals surface area contributed by atoms with Crippen LogP contribution in [0.1, 0.15) is 143 Å². The van der Waals surface area contributed by atoms with Crippen LogP contribution in [0.3, 0.4) is 0 Å². The van der Waals surface area contributed by atoms with Gasteiger partial charge in [0.25, 0.3) is 0 Å². The molecular weight excluding hydrogens is 1780 g/mol. The number of thioether (sulfide) groups is 2. The van der Waals surface area contributed by atoms with Gasteiger partial charge in [0.05, 0.1) is 32.8 Å². The number of aliphatic hydroxyl groups excluding tert-OH is 3. The highest BCUT2D eigenvalue weighted by molar-refractivity contribution is 7.98.